The smallest absolute Gasteiger partial charge is 0.368 e. The van der Waals surface area contributed by atoms with Crippen molar-refractivity contribution in [2.75, 3.05) is 13.1 Å². The molecule has 180 valence electrons. The predicted octanol–water partition coefficient (Wildman–Crippen LogP) is -1.29. The van der Waals surface area contributed by atoms with Crippen molar-refractivity contribution in [3.63, 3.8) is 0 Å². The Balaban J connectivity index is 1.57. The number of hydrogen-bond acceptors (Lipinski definition) is 8. The summed E-state index contributed by atoms with van der Waals surface area (Å²) in [5, 5.41) is 1.18. The molecule has 0 aliphatic carbocycles. The molecule has 33 heavy (non-hydrogen) atoms. The van der Waals surface area contributed by atoms with Crippen molar-refractivity contribution in [2.24, 2.45) is 11.5 Å². The molecule has 4 bridgehead atoms. The third-order valence-corrected chi connectivity index (χ3v) is 7.43. The summed E-state index contributed by atoms with van der Waals surface area (Å²) in [6, 6.07) is -5.43. The molecule has 0 aromatic rings. The highest BCUT2D eigenvalue weighted by Crippen LogP contribution is 2.37. The van der Waals surface area contributed by atoms with E-state index in [0.717, 1.165) is 9.80 Å². The van der Waals surface area contributed by atoms with Gasteiger partial charge in [0.1, 0.15) is 24.2 Å². The lowest BCUT2D eigenvalue weighted by Crippen LogP contribution is -2.49. The SMILES string of the molecule is CC1=C(C)C2CN(C(=O)N2OS(=O)(=O)ON2C(=O)N3CC2C(C)=C(C)C3C(N)=O)C1C(N)=O. The van der Waals surface area contributed by atoms with Crippen LogP contribution in [0.2, 0.25) is 0 Å². The number of nitrogens with two attached hydrogens (primary N) is 2. The zero-order valence-electron chi connectivity index (χ0n) is 18.3. The summed E-state index contributed by atoms with van der Waals surface area (Å²) in [5.41, 5.74) is 13.0. The van der Waals surface area contributed by atoms with Gasteiger partial charge in [-0.15, -0.1) is 8.57 Å². The van der Waals surface area contributed by atoms with Gasteiger partial charge in [0.25, 0.3) is 0 Å². The Kier molecular flexibility index (Phi) is 5.18. The van der Waals surface area contributed by atoms with Crippen molar-refractivity contribution in [2.45, 2.75) is 51.9 Å². The molecule has 2 fully saturated rings. The maximum atomic E-state index is 12.8. The second kappa shape index (κ2) is 7.43. The molecule has 15 heteroatoms. The number of hydroxylamine groups is 4. The minimum absolute atomic E-state index is 0.00842. The first-order valence-corrected chi connectivity index (χ1v) is 11.4. The Hall–Kier alpha value is -3.17. The number of fused-ring (bicyclic) bond motifs is 4. The Bertz CT molecular complexity index is 1060. The fourth-order valence-electron chi connectivity index (χ4n) is 4.79. The molecule has 0 radical (unpaired) electrons. The molecule has 0 aromatic carbocycles. The van der Waals surface area contributed by atoms with Gasteiger partial charge < -0.3 is 21.3 Å². The number of urea groups is 2. The molecule has 4 aliphatic heterocycles. The highest BCUT2D eigenvalue weighted by atomic mass is 32.3. The van der Waals surface area contributed by atoms with E-state index in [2.05, 4.69) is 0 Å². The fraction of sp³-hybridized carbons (Fsp3) is 0.556. The van der Waals surface area contributed by atoms with E-state index < -0.39 is 58.4 Å². The zero-order chi connectivity index (χ0) is 24.6. The van der Waals surface area contributed by atoms with Crippen molar-refractivity contribution >= 4 is 34.3 Å². The molecule has 0 saturated carbocycles. The molecule has 4 aliphatic rings. The number of hydrogen-bond donors (Lipinski definition) is 2. The Morgan fingerprint density at radius 2 is 1.09 bits per heavy atom. The van der Waals surface area contributed by atoms with Crippen LogP contribution in [0.3, 0.4) is 0 Å². The summed E-state index contributed by atoms with van der Waals surface area (Å²) < 4.78 is 35.4. The van der Waals surface area contributed by atoms with Crippen molar-refractivity contribution in [1.29, 1.82) is 0 Å². The van der Waals surface area contributed by atoms with Gasteiger partial charge in [-0.1, -0.05) is 0 Å². The van der Waals surface area contributed by atoms with Gasteiger partial charge >= 0.3 is 22.5 Å². The van der Waals surface area contributed by atoms with E-state index in [1.165, 1.54) is 0 Å². The van der Waals surface area contributed by atoms with Crippen molar-refractivity contribution in [1.82, 2.24) is 19.9 Å². The zero-order valence-corrected chi connectivity index (χ0v) is 19.2. The van der Waals surface area contributed by atoms with Crippen LogP contribution < -0.4 is 11.5 Å². The second-order valence-electron chi connectivity index (χ2n) is 8.45. The molecule has 4 unspecified atom stereocenters. The Morgan fingerprint density at radius 3 is 1.39 bits per heavy atom. The van der Waals surface area contributed by atoms with E-state index >= 15 is 0 Å². The van der Waals surface area contributed by atoms with Gasteiger partial charge in [-0.3, -0.25) is 9.59 Å². The van der Waals surface area contributed by atoms with E-state index in [1.807, 2.05) is 0 Å². The van der Waals surface area contributed by atoms with E-state index in [9.17, 15) is 27.6 Å². The molecule has 2 saturated heterocycles. The van der Waals surface area contributed by atoms with Crippen LogP contribution in [0.25, 0.3) is 0 Å². The topological polar surface area (TPSA) is 186 Å². The summed E-state index contributed by atoms with van der Waals surface area (Å²) in [6.45, 7) is 6.50. The van der Waals surface area contributed by atoms with Crippen molar-refractivity contribution in [3.05, 3.63) is 22.3 Å². The molecule has 6 amide bonds. The van der Waals surface area contributed by atoms with Crippen molar-refractivity contribution < 1.29 is 36.2 Å². The lowest BCUT2D eigenvalue weighted by Gasteiger charge is -2.30. The second-order valence-corrected chi connectivity index (χ2v) is 9.57. The van der Waals surface area contributed by atoms with Gasteiger partial charge in [0.15, 0.2) is 0 Å². The average Bonchev–Trinajstić information content (AvgIpc) is 3.13. The molecular formula is C18H24N6O8S. The summed E-state index contributed by atoms with van der Waals surface area (Å²) in [4.78, 5) is 51.5. The van der Waals surface area contributed by atoms with Crippen LogP contribution in [-0.4, -0.2) is 89.5 Å². The molecule has 0 spiro atoms. The van der Waals surface area contributed by atoms with Gasteiger partial charge in [-0.25, -0.2) is 9.59 Å². The first-order valence-electron chi connectivity index (χ1n) is 10.0. The third kappa shape index (κ3) is 3.34. The fourth-order valence-corrected chi connectivity index (χ4v) is 5.55. The first-order chi connectivity index (χ1) is 15.3. The molecular weight excluding hydrogens is 460 g/mol. The maximum absolute atomic E-state index is 12.8. The number of carbonyl (C=O) groups excluding carboxylic acids is 4. The van der Waals surface area contributed by atoms with Gasteiger partial charge in [-0.2, -0.15) is 18.5 Å². The van der Waals surface area contributed by atoms with Gasteiger partial charge in [0.05, 0.1) is 13.1 Å². The number of carbonyl (C=O) groups is 4. The van der Waals surface area contributed by atoms with Crippen LogP contribution in [0.4, 0.5) is 9.59 Å². The van der Waals surface area contributed by atoms with E-state index in [1.54, 1.807) is 27.7 Å². The van der Waals surface area contributed by atoms with Crippen LogP contribution in [0, 0.1) is 0 Å². The lowest BCUT2D eigenvalue weighted by atomic mass is 9.93. The van der Waals surface area contributed by atoms with E-state index in [4.69, 9.17) is 20.0 Å². The normalized spacial score (nSPS) is 29.6. The molecule has 4 heterocycles. The Morgan fingerprint density at radius 1 is 0.758 bits per heavy atom. The average molecular weight is 484 g/mol. The number of primary amides is 2. The van der Waals surface area contributed by atoms with Crippen LogP contribution in [0.5, 0.6) is 0 Å². The molecule has 14 nitrogen and oxygen atoms in total. The van der Waals surface area contributed by atoms with Crippen LogP contribution in [0.1, 0.15) is 27.7 Å². The van der Waals surface area contributed by atoms with Gasteiger partial charge in [0, 0.05) is 0 Å². The highest BCUT2D eigenvalue weighted by molar-refractivity contribution is 7.81. The van der Waals surface area contributed by atoms with Gasteiger partial charge in [0.2, 0.25) is 11.8 Å². The number of nitrogens with zero attached hydrogens (tertiary/aromatic N) is 4. The maximum Gasteiger partial charge on any atom is 0.442 e. The Labute approximate surface area is 189 Å². The lowest BCUT2D eigenvalue weighted by molar-refractivity contribution is -0.121. The third-order valence-electron chi connectivity index (χ3n) is 6.74. The number of amides is 6. The molecule has 4 rings (SSSR count). The summed E-state index contributed by atoms with van der Waals surface area (Å²) >= 11 is 0. The monoisotopic (exact) mass is 484 g/mol. The van der Waals surface area contributed by atoms with Gasteiger partial charge in [-0.05, 0) is 50.0 Å². The summed E-state index contributed by atoms with van der Waals surface area (Å²) in [7, 11) is -4.97. The summed E-state index contributed by atoms with van der Waals surface area (Å²) in [6.07, 6.45) is 0. The minimum Gasteiger partial charge on any atom is -0.368 e. The van der Waals surface area contributed by atoms with Crippen LogP contribution in [-0.2, 0) is 28.6 Å². The quantitative estimate of drug-likeness (QED) is 0.436. The first kappa shape index (κ1) is 23.0. The largest absolute Gasteiger partial charge is 0.442 e. The minimum atomic E-state index is -4.97. The summed E-state index contributed by atoms with van der Waals surface area (Å²) in [5.74, 6) is -1.52. The molecule has 4 N–H and O–H groups in total. The predicted molar refractivity (Wildman–Crippen MR) is 109 cm³/mol. The molecule has 4 atom stereocenters. The van der Waals surface area contributed by atoms with Crippen molar-refractivity contribution in [3.8, 4) is 0 Å². The number of rotatable bonds is 6. The van der Waals surface area contributed by atoms with E-state index in [-0.39, 0.29) is 13.1 Å². The van der Waals surface area contributed by atoms with Crippen LogP contribution >= 0.6 is 0 Å². The van der Waals surface area contributed by atoms with Crippen LogP contribution in [0.15, 0.2) is 22.3 Å². The molecule has 0 aromatic heterocycles. The standard InChI is InChI=1S/C18H24N6O8S/c1-7-9(3)13(15(19)25)21-5-11(7)23(17(21)27)31-33(29,30)32-24-12-6-22(18(24)28)14(16(20)26)10(4)8(12)2/h11-14H,5-6H2,1-4H3,(H2,19,25)(H2,20,26). The highest BCUT2D eigenvalue weighted by Gasteiger charge is 2.53. The van der Waals surface area contributed by atoms with E-state index in [0.29, 0.717) is 32.4 Å².